The van der Waals surface area contributed by atoms with Crippen molar-refractivity contribution in [2.24, 2.45) is 4.99 Å². The fourth-order valence-electron chi connectivity index (χ4n) is 3.31. The van der Waals surface area contributed by atoms with Gasteiger partial charge in [-0.15, -0.1) is 0 Å². The van der Waals surface area contributed by atoms with Crippen LogP contribution in [0, 0.1) is 0 Å². The van der Waals surface area contributed by atoms with Gasteiger partial charge in [0.25, 0.3) is 0 Å². The molecule has 0 saturated heterocycles. The summed E-state index contributed by atoms with van der Waals surface area (Å²) in [7, 11) is 1.80. The fourth-order valence-corrected chi connectivity index (χ4v) is 3.71. The van der Waals surface area contributed by atoms with E-state index in [1.165, 1.54) is 12.2 Å². The normalized spacial score (nSPS) is 15.0. The molecule has 0 fully saturated rings. The Hall–Kier alpha value is -2.85. The molecule has 0 unspecified atom stereocenters. The maximum Gasteiger partial charge on any atom is 0.335 e. The first kappa shape index (κ1) is 27.2. The summed E-state index contributed by atoms with van der Waals surface area (Å²) >= 11 is 6.84. The second-order valence-corrected chi connectivity index (χ2v) is 7.32. The number of carbonyl (C=O) groups is 1. The summed E-state index contributed by atoms with van der Waals surface area (Å²) in [5.74, 6) is -0.992. The molecule has 32 heavy (non-hydrogen) atoms. The van der Waals surface area contributed by atoms with Gasteiger partial charge in [0.15, 0.2) is 0 Å². The molecule has 1 aromatic rings. The van der Waals surface area contributed by atoms with E-state index in [1.807, 2.05) is 32.9 Å². The van der Waals surface area contributed by atoms with Crippen LogP contribution in [0.5, 0.6) is 0 Å². The highest BCUT2D eigenvalue weighted by atomic mass is 35.5. The molecule has 1 N–H and O–H groups in total. The molecule has 0 aromatic heterocycles. The number of nitrogens with zero attached hydrogens (tertiary/aromatic N) is 2. The van der Waals surface area contributed by atoms with Gasteiger partial charge in [0, 0.05) is 24.7 Å². The van der Waals surface area contributed by atoms with Gasteiger partial charge in [-0.2, -0.15) is 0 Å². The monoisotopic (exact) mass is 454 g/mol. The van der Waals surface area contributed by atoms with Crippen LogP contribution in [0.25, 0.3) is 11.1 Å². The van der Waals surface area contributed by atoms with Crippen LogP contribution in [-0.4, -0.2) is 28.7 Å². The summed E-state index contributed by atoms with van der Waals surface area (Å²) < 4.78 is 0. The first-order valence-electron chi connectivity index (χ1n) is 11.1. The summed E-state index contributed by atoms with van der Waals surface area (Å²) in [6, 6.07) is 8.17. The molecule has 0 aliphatic carbocycles. The van der Waals surface area contributed by atoms with E-state index in [-0.39, 0.29) is 5.57 Å². The Balaban J connectivity index is 0.00000249. The number of benzene rings is 1. The lowest BCUT2D eigenvalue weighted by Crippen LogP contribution is -2.17. The van der Waals surface area contributed by atoms with Gasteiger partial charge in [0.2, 0.25) is 0 Å². The van der Waals surface area contributed by atoms with E-state index in [4.69, 9.17) is 11.6 Å². The Morgan fingerprint density at radius 2 is 1.84 bits per heavy atom. The Labute approximate surface area is 198 Å². The number of unbranched alkanes of at least 4 members (excludes halogenated alkanes) is 1. The first-order valence-corrected chi connectivity index (χ1v) is 11.5. The minimum Gasteiger partial charge on any atom is -0.478 e. The standard InChI is InChI=1S/C25H29ClN2O2.C2H6/c1-6-8-11-21(18(4)27-5)23-13-10-9-12-22(23)20(7-2)24(26)28-15-14-19(25(29)30)16-17(28)3;1-2/h9-16H,3,6-8H2,1-2,4-5H3,(H,29,30);1-2H3/b21-11+,24-20+,27-18?;. The quantitative estimate of drug-likeness (QED) is 0.324. The number of aliphatic carboxylic acids is 1. The van der Waals surface area contributed by atoms with Crippen molar-refractivity contribution in [3.8, 4) is 0 Å². The second kappa shape index (κ2) is 13.5. The molecule has 0 atom stereocenters. The van der Waals surface area contributed by atoms with Gasteiger partial charge in [-0.25, -0.2) is 4.79 Å². The van der Waals surface area contributed by atoms with Crippen molar-refractivity contribution in [3.05, 3.63) is 82.8 Å². The molecule has 5 heteroatoms. The van der Waals surface area contributed by atoms with E-state index in [2.05, 4.69) is 43.6 Å². The van der Waals surface area contributed by atoms with Crippen molar-refractivity contribution in [3.63, 3.8) is 0 Å². The maximum absolute atomic E-state index is 11.2. The molecular weight excluding hydrogens is 420 g/mol. The van der Waals surface area contributed by atoms with Crippen LogP contribution >= 0.6 is 11.6 Å². The van der Waals surface area contributed by atoms with Crippen LogP contribution in [0.1, 0.15) is 65.0 Å². The molecule has 1 aliphatic heterocycles. The van der Waals surface area contributed by atoms with Gasteiger partial charge in [-0.05, 0) is 54.2 Å². The van der Waals surface area contributed by atoms with E-state index in [9.17, 15) is 9.90 Å². The van der Waals surface area contributed by atoms with Crippen molar-refractivity contribution in [2.75, 3.05) is 7.05 Å². The van der Waals surface area contributed by atoms with Gasteiger partial charge >= 0.3 is 5.97 Å². The van der Waals surface area contributed by atoms with Crippen LogP contribution < -0.4 is 0 Å². The average Bonchev–Trinajstić information content (AvgIpc) is 2.81. The number of carboxylic acid groups (broad SMARTS) is 1. The zero-order chi connectivity index (χ0) is 24.3. The maximum atomic E-state index is 11.2. The van der Waals surface area contributed by atoms with Gasteiger partial charge in [-0.3, -0.25) is 4.99 Å². The van der Waals surface area contributed by atoms with Crippen molar-refractivity contribution in [1.82, 2.24) is 4.90 Å². The Morgan fingerprint density at radius 3 is 2.34 bits per heavy atom. The van der Waals surface area contributed by atoms with Crippen LogP contribution in [0.15, 0.2) is 76.7 Å². The highest BCUT2D eigenvalue weighted by Gasteiger charge is 2.21. The minimum absolute atomic E-state index is 0.179. The van der Waals surface area contributed by atoms with E-state index in [0.717, 1.165) is 40.8 Å². The first-order chi connectivity index (χ1) is 15.3. The van der Waals surface area contributed by atoms with Crippen LogP contribution in [0.4, 0.5) is 0 Å². The summed E-state index contributed by atoms with van der Waals surface area (Å²) in [4.78, 5) is 17.4. The number of hydrogen-bond acceptors (Lipinski definition) is 3. The molecule has 0 radical (unpaired) electrons. The number of allylic oxidation sites excluding steroid dienone is 4. The van der Waals surface area contributed by atoms with Gasteiger partial charge < -0.3 is 10.0 Å². The average molecular weight is 455 g/mol. The smallest absolute Gasteiger partial charge is 0.335 e. The largest absolute Gasteiger partial charge is 0.478 e. The molecule has 0 spiro atoms. The Kier molecular flexibility index (Phi) is 11.5. The third kappa shape index (κ3) is 6.57. The van der Waals surface area contributed by atoms with Gasteiger partial charge in [-0.1, -0.05) is 82.6 Å². The Morgan fingerprint density at radius 1 is 1.22 bits per heavy atom. The second-order valence-electron chi connectivity index (χ2n) is 6.97. The number of rotatable bonds is 8. The molecule has 1 aliphatic rings. The van der Waals surface area contributed by atoms with Crippen LogP contribution in [0.2, 0.25) is 0 Å². The highest BCUT2D eigenvalue weighted by molar-refractivity contribution is 6.33. The number of halogens is 1. The topological polar surface area (TPSA) is 52.9 Å². The molecule has 1 aromatic carbocycles. The zero-order valence-electron chi connectivity index (χ0n) is 20.1. The molecular formula is C27H35ClN2O2. The summed E-state index contributed by atoms with van der Waals surface area (Å²) in [5, 5.41) is 9.72. The summed E-state index contributed by atoms with van der Waals surface area (Å²) in [6.07, 6.45) is 9.64. The molecule has 0 amide bonds. The SMILES string of the molecule is C=C1C=C(C(=O)O)C=CN1/C(Cl)=C(\CC)c1ccccc1/C(=C/CCC)C(C)=NC.CC. The number of carboxylic acids is 1. The lowest BCUT2D eigenvalue weighted by atomic mass is 9.90. The predicted molar refractivity (Wildman–Crippen MR) is 139 cm³/mol. The van der Waals surface area contributed by atoms with E-state index >= 15 is 0 Å². The fraction of sp³-hybridized carbons (Fsp3) is 0.333. The third-order valence-corrected chi connectivity index (χ3v) is 5.41. The van der Waals surface area contributed by atoms with Gasteiger partial charge in [0.1, 0.15) is 5.16 Å². The third-order valence-electron chi connectivity index (χ3n) is 5.00. The van der Waals surface area contributed by atoms with E-state index in [0.29, 0.717) is 17.3 Å². The molecule has 0 saturated carbocycles. The summed E-state index contributed by atoms with van der Waals surface area (Å²) in [6.45, 7) is 14.2. The molecule has 2 rings (SSSR count). The summed E-state index contributed by atoms with van der Waals surface area (Å²) in [5.41, 5.74) is 5.83. The van der Waals surface area contributed by atoms with Crippen LogP contribution in [0.3, 0.4) is 0 Å². The molecule has 1 heterocycles. The lowest BCUT2D eigenvalue weighted by Gasteiger charge is -2.26. The molecule has 0 bridgehead atoms. The number of aliphatic imine (C=N–C) groups is 1. The highest BCUT2D eigenvalue weighted by Crippen LogP contribution is 2.35. The van der Waals surface area contributed by atoms with Gasteiger partial charge in [0.05, 0.1) is 5.57 Å². The minimum atomic E-state index is -0.992. The van der Waals surface area contributed by atoms with Crippen molar-refractivity contribution < 1.29 is 9.90 Å². The van der Waals surface area contributed by atoms with Crippen molar-refractivity contribution in [1.29, 1.82) is 0 Å². The Bertz CT molecular complexity index is 981. The zero-order valence-corrected chi connectivity index (χ0v) is 20.8. The number of hydrogen-bond donors (Lipinski definition) is 1. The van der Waals surface area contributed by atoms with E-state index in [1.54, 1.807) is 18.1 Å². The molecule has 4 nitrogen and oxygen atoms in total. The van der Waals surface area contributed by atoms with Crippen molar-refractivity contribution in [2.45, 2.75) is 53.9 Å². The predicted octanol–water partition coefficient (Wildman–Crippen LogP) is 7.66. The molecule has 172 valence electrons. The van der Waals surface area contributed by atoms with Crippen molar-refractivity contribution >= 4 is 34.4 Å². The van der Waals surface area contributed by atoms with E-state index < -0.39 is 5.97 Å². The van der Waals surface area contributed by atoms with Crippen LogP contribution in [-0.2, 0) is 4.79 Å². The lowest BCUT2D eigenvalue weighted by molar-refractivity contribution is -0.132.